The molecule has 6 heteroatoms. The Labute approximate surface area is 175 Å². The van der Waals surface area contributed by atoms with Crippen LogP contribution in [-0.2, 0) is 17.7 Å². The van der Waals surface area contributed by atoms with Gasteiger partial charge in [-0.05, 0) is 44.2 Å². The van der Waals surface area contributed by atoms with Gasteiger partial charge in [-0.1, -0.05) is 24.3 Å². The van der Waals surface area contributed by atoms with Gasteiger partial charge < -0.3 is 15.4 Å². The van der Waals surface area contributed by atoms with Crippen LogP contribution in [0.3, 0.4) is 0 Å². The van der Waals surface area contributed by atoms with Crippen molar-refractivity contribution in [3.8, 4) is 0 Å². The Hall–Kier alpha value is -0.860. The van der Waals surface area contributed by atoms with Crippen LogP contribution in [0.25, 0.3) is 0 Å². The minimum Gasteiger partial charge on any atom is -0.376 e. The van der Waals surface area contributed by atoms with Crippen molar-refractivity contribution >= 4 is 29.9 Å². The fourth-order valence-corrected chi connectivity index (χ4v) is 3.66. The van der Waals surface area contributed by atoms with Crippen molar-refractivity contribution in [2.45, 2.75) is 51.3 Å². The average molecular weight is 472 g/mol. The maximum Gasteiger partial charge on any atom is 0.191 e. The lowest BCUT2D eigenvalue weighted by molar-refractivity contribution is 0.106. The van der Waals surface area contributed by atoms with Gasteiger partial charge in [-0.15, -0.1) is 24.0 Å². The van der Waals surface area contributed by atoms with Crippen LogP contribution < -0.4 is 10.6 Å². The Morgan fingerprint density at radius 3 is 2.73 bits per heavy atom. The quantitative estimate of drug-likeness (QED) is 0.393. The number of benzene rings is 1. The molecule has 3 rings (SSSR count). The number of rotatable bonds is 5. The van der Waals surface area contributed by atoms with Gasteiger partial charge >= 0.3 is 0 Å². The van der Waals surface area contributed by atoms with E-state index in [4.69, 9.17) is 4.74 Å². The number of guanidine groups is 1. The van der Waals surface area contributed by atoms with Gasteiger partial charge in [-0.2, -0.15) is 0 Å². The van der Waals surface area contributed by atoms with Crippen molar-refractivity contribution in [2.75, 3.05) is 33.3 Å². The maximum atomic E-state index is 5.67. The molecular formula is C20H33IN4O. The number of nitrogens with zero attached hydrogens (tertiary/aromatic N) is 2. The topological polar surface area (TPSA) is 48.9 Å². The highest BCUT2D eigenvalue weighted by atomic mass is 127. The van der Waals surface area contributed by atoms with Crippen LogP contribution in [0.4, 0.5) is 0 Å². The van der Waals surface area contributed by atoms with E-state index >= 15 is 0 Å². The van der Waals surface area contributed by atoms with Crippen LogP contribution in [0.2, 0.25) is 0 Å². The van der Waals surface area contributed by atoms with E-state index in [9.17, 15) is 0 Å². The summed E-state index contributed by atoms with van der Waals surface area (Å²) in [5.74, 6) is 0.862. The van der Waals surface area contributed by atoms with Gasteiger partial charge in [0.1, 0.15) is 0 Å². The molecule has 0 amide bonds. The summed E-state index contributed by atoms with van der Waals surface area (Å²) in [5.41, 5.74) is 3.02. The molecule has 5 nitrogen and oxygen atoms in total. The van der Waals surface area contributed by atoms with Crippen molar-refractivity contribution in [1.82, 2.24) is 15.5 Å². The summed E-state index contributed by atoms with van der Waals surface area (Å²) in [6.45, 7) is 9.32. The van der Waals surface area contributed by atoms with Crippen molar-refractivity contribution in [3.05, 3.63) is 35.4 Å². The van der Waals surface area contributed by atoms with Gasteiger partial charge in [0.25, 0.3) is 0 Å². The summed E-state index contributed by atoms with van der Waals surface area (Å²) >= 11 is 0. The molecule has 1 aromatic rings. The van der Waals surface area contributed by atoms with Gasteiger partial charge in [-0.25, -0.2) is 0 Å². The van der Waals surface area contributed by atoms with E-state index in [0.29, 0.717) is 6.10 Å². The summed E-state index contributed by atoms with van der Waals surface area (Å²) in [4.78, 5) is 6.92. The van der Waals surface area contributed by atoms with E-state index in [1.807, 2.05) is 7.05 Å². The minimum atomic E-state index is 0. The molecule has 1 saturated heterocycles. The molecular weight excluding hydrogens is 439 g/mol. The predicted octanol–water partition coefficient (Wildman–Crippen LogP) is 2.79. The molecule has 0 bridgehead atoms. The van der Waals surface area contributed by atoms with Gasteiger partial charge in [0.15, 0.2) is 5.96 Å². The summed E-state index contributed by atoms with van der Waals surface area (Å²) in [6.07, 6.45) is 3.76. The molecule has 1 atom stereocenters. The molecule has 2 heterocycles. The van der Waals surface area contributed by atoms with Gasteiger partial charge in [-0.3, -0.25) is 9.89 Å². The normalized spacial score (nSPS) is 21.0. The Morgan fingerprint density at radius 2 is 2.04 bits per heavy atom. The molecule has 0 aliphatic carbocycles. The van der Waals surface area contributed by atoms with E-state index < -0.39 is 0 Å². The molecule has 26 heavy (non-hydrogen) atoms. The number of aliphatic imine (C=N–C) groups is 1. The molecule has 0 radical (unpaired) electrons. The minimum absolute atomic E-state index is 0. The third kappa shape index (κ3) is 5.57. The highest BCUT2D eigenvalue weighted by Gasteiger charge is 2.29. The molecule has 2 N–H and O–H groups in total. The Kier molecular flexibility index (Phi) is 8.16. The van der Waals surface area contributed by atoms with Crippen LogP contribution in [0.1, 0.15) is 37.8 Å². The maximum absolute atomic E-state index is 5.67. The molecule has 2 aliphatic rings. The second-order valence-corrected chi connectivity index (χ2v) is 7.69. The second kappa shape index (κ2) is 9.90. The number of hydrogen-bond donors (Lipinski definition) is 2. The van der Waals surface area contributed by atoms with E-state index in [1.54, 1.807) is 0 Å². The lowest BCUT2D eigenvalue weighted by Crippen LogP contribution is -2.55. The molecule has 146 valence electrons. The monoisotopic (exact) mass is 472 g/mol. The smallest absolute Gasteiger partial charge is 0.191 e. The highest BCUT2D eigenvalue weighted by Crippen LogP contribution is 2.24. The zero-order chi connectivity index (χ0) is 17.7. The number of hydrogen-bond acceptors (Lipinski definition) is 3. The largest absolute Gasteiger partial charge is 0.376 e. The fourth-order valence-electron chi connectivity index (χ4n) is 3.66. The van der Waals surface area contributed by atoms with E-state index in [0.717, 1.165) is 51.6 Å². The lowest BCUT2D eigenvalue weighted by Gasteiger charge is -2.42. The third-order valence-corrected chi connectivity index (χ3v) is 5.42. The van der Waals surface area contributed by atoms with Crippen LogP contribution in [-0.4, -0.2) is 55.8 Å². The van der Waals surface area contributed by atoms with E-state index in [2.05, 4.69) is 58.6 Å². The fraction of sp³-hybridized carbons (Fsp3) is 0.650. The molecule has 1 unspecified atom stereocenters. The van der Waals surface area contributed by atoms with Crippen molar-refractivity contribution in [3.63, 3.8) is 0 Å². The Bertz CT molecular complexity index is 599. The average Bonchev–Trinajstić information content (AvgIpc) is 3.15. The summed E-state index contributed by atoms with van der Waals surface area (Å²) in [5, 5.41) is 6.89. The SMILES string of the molecule is CN=C(NCC1CCCO1)NCC(C)(C)N1CCc2ccccc2C1.I. The zero-order valence-corrected chi connectivity index (χ0v) is 18.6. The number of nitrogens with one attached hydrogen (secondary N) is 2. The number of fused-ring (bicyclic) bond motifs is 1. The van der Waals surface area contributed by atoms with Crippen LogP contribution in [0.5, 0.6) is 0 Å². The first kappa shape index (κ1) is 21.4. The highest BCUT2D eigenvalue weighted by molar-refractivity contribution is 14.0. The van der Waals surface area contributed by atoms with Gasteiger partial charge in [0.2, 0.25) is 0 Å². The van der Waals surface area contributed by atoms with Gasteiger partial charge in [0, 0.05) is 45.4 Å². The summed E-state index contributed by atoms with van der Waals surface area (Å²) in [7, 11) is 1.83. The van der Waals surface area contributed by atoms with Crippen LogP contribution in [0.15, 0.2) is 29.3 Å². The second-order valence-electron chi connectivity index (χ2n) is 7.69. The number of ether oxygens (including phenoxy) is 1. The summed E-state index contributed by atoms with van der Waals surface area (Å²) < 4.78 is 5.67. The van der Waals surface area contributed by atoms with Crippen molar-refractivity contribution < 1.29 is 4.74 Å². The summed E-state index contributed by atoms with van der Waals surface area (Å²) in [6, 6.07) is 8.80. The molecule has 0 spiro atoms. The third-order valence-electron chi connectivity index (χ3n) is 5.42. The number of halogens is 1. The van der Waals surface area contributed by atoms with E-state index in [1.165, 1.54) is 17.5 Å². The zero-order valence-electron chi connectivity index (χ0n) is 16.3. The molecule has 1 aromatic carbocycles. The molecule has 0 aromatic heterocycles. The lowest BCUT2D eigenvalue weighted by atomic mass is 9.94. The first-order valence-corrected chi connectivity index (χ1v) is 9.46. The van der Waals surface area contributed by atoms with Gasteiger partial charge in [0.05, 0.1) is 6.10 Å². The first-order valence-electron chi connectivity index (χ1n) is 9.46. The van der Waals surface area contributed by atoms with E-state index in [-0.39, 0.29) is 29.5 Å². The van der Waals surface area contributed by atoms with Crippen LogP contribution in [0, 0.1) is 0 Å². The van der Waals surface area contributed by atoms with Crippen molar-refractivity contribution in [1.29, 1.82) is 0 Å². The predicted molar refractivity (Wildman–Crippen MR) is 118 cm³/mol. The molecule has 2 aliphatic heterocycles. The van der Waals surface area contributed by atoms with Crippen molar-refractivity contribution in [2.24, 2.45) is 4.99 Å². The van der Waals surface area contributed by atoms with Crippen LogP contribution >= 0.6 is 24.0 Å². The Morgan fingerprint density at radius 1 is 1.27 bits per heavy atom. The molecule has 0 saturated carbocycles. The Balaban J connectivity index is 0.00000243. The molecule has 1 fully saturated rings. The first-order chi connectivity index (χ1) is 12.1. The standard InChI is InChI=1S/C20H32N4O.HI/c1-20(2,24-11-10-16-7-4-5-8-17(16)14-24)15-23-19(21-3)22-13-18-9-6-12-25-18;/h4-5,7-8,18H,6,9-15H2,1-3H3,(H2,21,22,23);1H.